The quantitative estimate of drug-likeness (QED) is 0.767. The summed E-state index contributed by atoms with van der Waals surface area (Å²) in [5.41, 5.74) is 1.84. The van der Waals surface area contributed by atoms with Gasteiger partial charge in [-0.1, -0.05) is 86.3 Å². The van der Waals surface area contributed by atoms with Crippen LogP contribution >= 0.6 is 0 Å². The Morgan fingerprint density at radius 1 is 0.815 bits per heavy atom. The Bertz CT molecular complexity index is 683. The van der Waals surface area contributed by atoms with Crippen LogP contribution in [0.15, 0.2) is 60.7 Å². The van der Waals surface area contributed by atoms with Gasteiger partial charge in [-0.15, -0.1) is 0 Å². The summed E-state index contributed by atoms with van der Waals surface area (Å²) in [5.74, 6) is -0.670. The van der Waals surface area contributed by atoms with Gasteiger partial charge in [-0.2, -0.15) is 0 Å². The zero-order valence-electron chi connectivity index (χ0n) is 15.7. The molecular formula is C23H28N2O2. The SMILES string of the molecule is O=C(CNC(=O)C(c1ccccc1)c1ccccc1)NC1CCCCCC1. The van der Waals surface area contributed by atoms with Crippen molar-refractivity contribution in [2.45, 2.75) is 50.5 Å². The standard InChI is InChI=1S/C23H28N2O2/c26-21(25-20-15-9-1-2-10-16-20)17-24-23(27)22(18-11-5-3-6-12-18)19-13-7-4-8-14-19/h3-8,11-14,20,22H,1-2,9-10,15-17H2,(H,24,27)(H,25,26). The third-order valence-corrected chi connectivity index (χ3v) is 5.17. The van der Waals surface area contributed by atoms with Crippen LogP contribution in [0.5, 0.6) is 0 Å². The summed E-state index contributed by atoms with van der Waals surface area (Å²) in [6, 6.07) is 19.6. The average Bonchev–Trinajstić information content (AvgIpc) is 2.97. The summed E-state index contributed by atoms with van der Waals surface area (Å²) in [4.78, 5) is 25.2. The van der Waals surface area contributed by atoms with E-state index in [1.807, 2.05) is 60.7 Å². The van der Waals surface area contributed by atoms with Gasteiger partial charge in [-0.3, -0.25) is 9.59 Å². The van der Waals surface area contributed by atoms with Crippen molar-refractivity contribution in [3.63, 3.8) is 0 Å². The Balaban J connectivity index is 1.62. The summed E-state index contributed by atoms with van der Waals surface area (Å²) in [7, 11) is 0. The lowest BCUT2D eigenvalue weighted by molar-refractivity contribution is -0.126. The van der Waals surface area contributed by atoms with Crippen LogP contribution in [-0.4, -0.2) is 24.4 Å². The highest BCUT2D eigenvalue weighted by atomic mass is 16.2. The van der Waals surface area contributed by atoms with Crippen LogP contribution < -0.4 is 10.6 Å². The topological polar surface area (TPSA) is 58.2 Å². The largest absolute Gasteiger partial charge is 0.352 e. The van der Waals surface area contributed by atoms with Gasteiger partial charge in [0.1, 0.15) is 0 Å². The number of amides is 2. The van der Waals surface area contributed by atoms with E-state index < -0.39 is 5.92 Å². The lowest BCUT2D eigenvalue weighted by Gasteiger charge is -2.19. The van der Waals surface area contributed by atoms with Crippen LogP contribution in [0.25, 0.3) is 0 Å². The van der Waals surface area contributed by atoms with E-state index in [2.05, 4.69) is 10.6 Å². The molecule has 1 aliphatic carbocycles. The van der Waals surface area contributed by atoms with Crippen LogP contribution in [0.3, 0.4) is 0 Å². The second kappa shape index (κ2) is 9.91. The summed E-state index contributed by atoms with van der Waals surface area (Å²) < 4.78 is 0. The lowest BCUT2D eigenvalue weighted by atomic mass is 9.90. The summed E-state index contributed by atoms with van der Waals surface area (Å²) in [6.07, 6.45) is 6.91. The molecule has 0 saturated heterocycles. The van der Waals surface area contributed by atoms with Crippen molar-refractivity contribution in [3.8, 4) is 0 Å². The van der Waals surface area contributed by atoms with Gasteiger partial charge >= 0.3 is 0 Å². The fraction of sp³-hybridized carbons (Fsp3) is 0.391. The minimum atomic E-state index is -0.418. The average molecular weight is 364 g/mol. The lowest BCUT2D eigenvalue weighted by Crippen LogP contribution is -2.43. The van der Waals surface area contributed by atoms with Gasteiger partial charge in [0, 0.05) is 6.04 Å². The molecule has 4 nitrogen and oxygen atoms in total. The highest BCUT2D eigenvalue weighted by Gasteiger charge is 2.23. The van der Waals surface area contributed by atoms with E-state index in [1.165, 1.54) is 25.7 Å². The number of carbonyl (C=O) groups excluding carboxylic acids is 2. The Morgan fingerprint density at radius 2 is 1.33 bits per heavy atom. The first-order valence-electron chi connectivity index (χ1n) is 9.91. The zero-order valence-corrected chi connectivity index (χ0v) is 15.7. The number of rotatable bonds is 6. The van der Waals surface area contributed by atoms with Gasteiger partial charge in [-0.05, 0) is 24.0 Å². The molecule has 142 valence electrons. The van der Waals surface area contributed by atoms with Gasteiger partial charge in [0.05, 0.1) is 12.5 Å². The van der Waals surface area contributed by atoms with E-state index in [0.29, 0.717) is 0 Å². The predicted molar refractivity (Wildman–Crippen MR) is 107 cm³/mol. The Kier molecular flexibility index (Phi) is 7.03. The Morgan fingerprint density at radius 3 is 1.85 bits per heavy atom. The molecule has 0 spiro atoms. The molecule has 2 aromatic rings. The van der Waals surface area contributed by atoms with Crippen LogP contribution in [0.4, 0.5) is 0 Å². The summed E-state index contributed by atoms with van der Waals surface area (Å²) in [6.45, 7) is 0.0193. The van der Waals surface area contributed by atoms with Crippen LogP contribution in [-0.2, 0) is 9.59 Å². The molecule has 3 rings (SSSR count). The Hall–Kier alpha value is -2.62. The van der Waals surface area contributed by atoms with Gasteiger partial charge in [0.15, 0.2) is 0 Å². The minimum Gasteiger partial charge on any atom is -0.352 e. The molecule has 0 bridgehead atoms. The molecule has 4 heteroatoms. The van der Waals surface area contributed by atoms with Crippen LogP contribution in [0.2, 0.25) is 0 Å². The monoisotopic (exact) mass is 364 g/mol. The first-order chi connectivity index (χ1) is 13.2. The van der Waals surface area contributed by atoms with Gasteiger partial charge in [0.25, 0.3) is 0 Å². The van der Waals surface area contributed by atoms with E-state index in [1.54, 1.807) is 0 Å². The number of hydrogen-bond acceptors (Lipinski definition) is 2. The number of nitrogens with one attached hydrogen (secondary N) is 2. The van der Waals surface area contributed by atoms with Gasteiger partial charge in [-0.25, -0.2) is 0 Å². The van der Waals surface area contributed by atoms with E-state index in [4.69, 9.17) is 0 Å². The minimum absolute atomic E-state index is 0.0193. The van der Waals surface area contributed by atoms with Crippen LogP contribution in [0, 0.1) is 0 Å². The number of carbonyl (C=O) groups is 2. The first-order valence-corrected chi connectivity index (χ1v) is 9.91. The van der Waals surface area contributed by atoms with Crippen LogP contribution in [0.1, 0.15) is 55.6 Å². The fourth-order valence-corrected chi connectivity index (χ4v) is 3.76. The maximum absolute atomic E-state index is 12.9. The second-order valence-corrected chi connectivity index (χ2v) is 7.23. The van der Waals surface area contributed by atoms with Crippen molar-refractivity contribution < 1.29 is 9.59 Å². The van der Waals surface area contributed by atoms with E-state index in [0.717, 1.165) is 24.0 Å². The Labute approximate surface area is 161 Å². The summed E-state index contributed by atoms with van der Waals surface area (Å²) >= 11 is 0. The first kappa shape index (κ1) is 19.2. The van der Waals surface area contributed by atoms with Crippen molar-refractivity contribution in [1.29, 1.82) is 0 Å². The highest BCUT2D eigenvalue weighted by molar-refractivity contribution is 5.90. The molecule has 0 aliphatic heterocycles. The zero-order chi connectivity index (χ0) is 18.9. The maximum atomic E-state index is 12.9. The third kappa shape index (κ3) is 5.68. The molecule has 1 aliphatic rings. The molecular weight excluding hydrogens is 336 g/mol. The van der Waals surface area contributed by atoms with E-state index in [9.17, 15) is 9.59 Å². The summed E-state index contributed by atoms with van der Waals surface area (Å²) in [5, 5.41) is 5.91. The van der Waals surface area contributed by atoms with Gasteiger partial charge in [0.2, 0.25) is 11.8 Å². The number of hydrogen-bond donors (Lipinski definition) is 2. The van der Waals surface area contributed by atoms with Gasteiger partial charge < -0.3 is 10.6 Å². The predicted octanol–water partition coefficient (Wildman–Crippen LogP) is 3.77. The van der Waals surface area contributed by atoms with Crippen molar-refractivity contribution in [2.75, 3.05) is 6.54 Å². The van der Waals surface area contributed by atoms with Crippen molar-refractivity contribution in [1.82, 2.24) is 10.6 Å². The van der Waals surface area contributed by atoms with Crippen molar-refractivity contribution >= 4 is 11.8 Å². The highest BCUT2D eigenvalue weighted by Crippen LogP contribution is 2.24. The molecule has 1 saturated carbocycles. The molecule has 0 radical (unpaired) electrons. The molecule has 0 unspecified atom stereocenters. The second-order valence-electron chi connectivity index (χ2n) is 7.23. The molecule has 0 heterocycles. The molecule has 2 N–H and O–H groups in total. The van der Waals surface area contributed by atoms with E-state index in [-0.39, 0.29) is 24.4 Å². The maximum Gasteiger partial charge on any atom is 0.239 e. The molecule has 0 aromatic heterocycles. The van der Waals surface area contributed by atoms with Crippen molar-refractivity contribution in [2.24, 2.45) is 0 Å². The molecule has 2 amide bonds. The molecule has 27 heavy (non-hydrogen) atoms. The van der Waals surface area contributed by atoms with Crippen molar-refractivity contribution in [3.05, 3.63) is 71.8 Å². The molecule has 1 fully saturated rings. The van der Waals surface area contributed by atoms with E-state index >= 15 is 0 Å². The molecule has 0 atom stereocenters. The third-order valence-electron chi connectivity index (χ3n) is 5.17. The molecule has 2 aromatic carbocycles. The normalized spacial score (nSPS) is 15.1. The smallest absolute Gasteiger partial charge is 0.239 e. The fourth-order valence-electron chi connectivity index (χ4n) is 3.76. The number of benzene rings is 2.